The van der Waals surface area contributed by atoms with Crippen molar-refractivity contribution in [3.8, 4) is 17.3 Å². The first-order valence-corrected chi connectivity index (χ1v) is 8.03. The molecule has 27 heavy (non-hydrogen) atoms. The number of benzene rings is 1. The number of nitrogens with zero attached hydrogens (tertiary/aromatic N) is 4. The first-order valence-electron chi connectivity index (χ1n) is 7.66. The molecule has 0 spiro atoms. The third-order valence-corrected chi connectivity index (χ3v) is 3.75. The Morgan fingerprint density at radius 2 is 2.00 bits per heavy atom. The van der Waals surface area contributed by atoms with Crippen LogP contribution >= 0.6 is 11.6 Å². The molecule has 0 amide bonds. The number of pyridine rings is 1. The van der Waals surface area contributed by atoms with E-state index in [4.69, 9.17) is 16.3 Å². The van der Waals surface area contributed by atoms with Crippen LogP contribution in [0, 0.1) is 18.6 Å². The number of hydrogen-bond donors (Lipinski definition) is 0. The van der Waals surface area contributed by atoms with Crippen molar-refractivity contribution in [3.63, 3.8) is 0 Å². The summed E-state index contributed by atoms with van der Waals surface area (Å²) in [6, 6.07) is 4.90. The maximum atomic E-state index is 14.4. The highest BCUT2D eigenvalue weighted by atomic mass is 35.5. The molecule has 2 aromatic heterocycles. The van der Waals surface area contributed by atoms with E-state index in [0.717, 1.165) is 12.1 Å². The summed E-state index contributed by atoms with van der Waals surface area (Å²) in [5.41, 5.74) is 1.21. The van der Waals surface area contributed by atoms with Crippen LogP contribution in [0.3, 0.4) is 0 Å². The highest BCUT2D eigenvalue weighted by Gasteiger charge is 2.15. The Balaban J connectivity index is 1.84. The van der Waals surface area contributed by atoms with Gasteiger partial charge in [0.05, 0.1) is 35.6 Å². The number of aryl methyl sites for hydroxylation is 1. The van der Waals surface area contributed by atoms with Gasteiger partial charge in [-0.1, -0.05) is 11.6 Å². The molecule has 0 saturated heterocycles. The largest absolute Gasteiger partial charge is 0.469 e. The number of rotatable bonds is 5. The Labute approximate surface area is 157 Å². The number of esters is 1. The Morgan fingerprint density at radius 1 is 1.22 bits per heavy atom. The van der Waals surface area contributed by atoms with Crippen LogP contribution in [0.5, 0.6) is 11.6 Å². The van der Waals surface area contributed by atoms with E-state index >= 15 is 0 Å². The van der Waals surface area contributed by atoms with Gasteiger partial charge in [0.15, 0.2) is 17.4 Å². The van der Waals surface area contributed by atoms with E-state index in [1.807, 2.05) is 0 Å². The Hall–Kier alpha value is -3.07. The number of halogens is 3. The Morgan fingerprint density at radius 3 is 2.67 bits per heavy atom. The van der Waals surface area contributed by atoms with Crippen LogP contribution in [0.15, 0.2) is 30.5 Å². The van der Waals surface area contributed by atoms with Gasteiger partial charge in [0.2, 0.25) is 0 Å². The van der Waals surface area contributed by atoms with E-state index < -0.39 is 23.5 Å². The van der Waals surface area contributed by atoms with Gasteiger partial charge in [-0.15, -0.1) is 0 Å². The molecular weight excluding hydrogens is 382 g/mol. The van der Waals surface area contributed by atoms with Crippen molar-refractivity contribution in [3.05, 3.63) is 58.5 Å². The topological polar surface area (TPSA) is 79.1 Å². The van der Waals surface area contributed by atoms with Crippen LogP contribution in [-0.4, -0.2) is 33.1 Å². The second-order valence-corrected chi connectivity index (χ2v) is 5.87. The molecule has 0 radical (unpaired) electrons. The van der Waals surface area contributed by atoms with Crippen molar-refractivity contribution in [1.82, 2.24) is 20.0 Å². The van der Waals surface area contributed by atoms with Crippen molar-refractivity contribution in [2.24, 2.45) is 0 Å². The lowest BCUT2D eigenvalue weighted by molar-refractivity contribution is -0.139. The first-order chi connectivity index (χ1) is 12.9. The highest BCUT2D eigenvalue weighted by Crippen LogP contribution is 2.27. The molecule has 0 fully saturated rings. The van der Waals surface area contributed by atoms with Gasteiger partial charge in [0, 0.05) is 12.3 Å². The molecule has 140 valence electrons. The number of carbonyl (C=O) groups excluding carboxylic acids is 1. The van der Waals surface area contributed by atoms with E-state index in [1.165, 1.54) is 30.2 Å². The summed E-state index contributed by atoms with van der Waals surface area (Å²) in [4.78, 5) is 16.2. The molecule has 10 heteroatoms. The SMILES string of the molecule is COC(=O)Cc1nn(-c2ccc(Oc3ncc(Cl)cc3F)c(F)c2)nc1C. The number of aromatic nitrogens is 4. The molecule has 0 unspecified atom stereocenters. The fraction of sp³-hybridized carbons (Fsp3) is 0.176. The first kappa shape index (κ1) is 18.7. The molecule has 0 bridgehead atoms. The van der Waals surface area contributed by atoms with Crippen molar-refractivity contribution >= 4 is 17.6 Å². The van der Waals surface area contributed by atoms with Crippen LogP contribution in [0.2, 0.25) is 5.02 Å². The van der Waals surface area contributed by atoms with Gasteiger partial charge < -0.3 is 9.47 Å². The minimum Gasteiger partial charge on any atom is -0.469 e. The predicted octanol–water partition coefficient (Wildman–Crippen LogP) is 3.41. The van der Waals surface area contributed by atoms with Crippen LogP contribution < -0.4 is 4.74 Å². The normalized spacial score (nSPS) is 10.7. The van der Waals surface area contributed by atoms with Gasteiger partial charge in [-0.2, -0.15) is 15.0 Å². The molecule has 3 aromatic rings. The van der Waals surface area contributed by atoms with Crippen molar-refractivity contribution < 1.29 is 23.0 Å². The van der Waals surface area contributed by atoms with E-state index in [2.05, 4.69) is 19.9 Å². The molecule has 0 aliphatic heterocycles. The lowest BCUT2D eigenvalue weighted by Crippen LogP contribution is -2.06. The fourth-order valence-electron chi connectivity index (χ4n) is 2.17. The van der Waals surface area contributed by atoms with E-state index in [0.29, 0.717) is 17.1 Å². The zero-order valence-electron chi connectivity index (χ0n) is 14.2. The van der Waals surface area contributed by atoms with Gasteiger partial charge >= 0.3 is 5.97 Å². The van der Waals surface area contributed by atoms with Crippen molar-refractivity contribution in [2.75, 3.05) is 7.11 Å². The molecule has 3 rings (SSSR count). The average molecular weight is 395 g/mol. The number of carbonyl (C=O) groups is 1. The zero-order chi connectivity index (χ0) is 19.6. The molecule has 2 heterocycles. The molecule has 0 aliphatic rings. The summed E-state index contributed by atoms with van der Waals surface area (Å²) < 4.78 is 37.8. The smallest absolute Gasteiger partial charge is 0.311 e. The minimum absolute atomic E-state index is 0.0481. The summed E-state index contributed by atoms with van der Waals surface area (Å²) in [7, 11) is 1.27. The van der Waals surface area contributed by atoms with Gasteiger partial charge in [-0.3, -0.25) is 4.79 Å². The molecule has 7 nitrogen and oxygen atoms in total. The van der Waals surface area contributed by atoms with Crippen molar-refractivity contribution in [1.29, 1.82) is 0 Å². The molecule has 0 atom stereocenters. The second kappa shape index (κ2) is 7.67. The van der Waals surface area contributed by atoms with Gasteiger partial charge in [0.1, 0.15) is 0 Å². The molecule has 0 aliphatic carbocycles. The van der Waals surface area contributed by atoms with Crippen LogP contribution in [-0.2, 0) is 16.0 Å². The lowest BCUT2D eigenvalue weighted by atomic mass is 10.3. The summed E-state index contributed by atoms with van der Waals surface area (Å²) in [5, 5.41) is 8.40. The molecule has 0 saturated carbocycles. The minimum atomic E-state index is -0.817. The number of hydrogen-bond acceptors (Lipinski definition) is 6. The maximum absolute atomic E-state index is 14.4. The third kappa shape index (κ3) is 4.20. The second-order valence-electron chi connectivity index (χ2n) is 5.43. The van der Waals surface area contributed by atoms with Gasteiger partial charge in [-0.25, -0.2) is 13.8 Å². The van der Waals surface area contributed by atoms with E-state index in [9.17, 15) is 13.6 Å². The summed E-state index contributed by atoms with van der Waals surface area (Å²) in [6.45, 7) is 1.67. The molecular formula is C17H13ClF2N4O3. The average Bonchev–Trinajstić information content (AvgIpc) is 2.99. The fourth-order valence-corrected chi connectivity index (χ4v) is 2.32. The number of methoxy groups -OCH3 is 1. The zero-order valence-corrected chi connectivity index (χ0v) is 15.0. The summed E-state index contributed by atoms with van der Waals surface area (Å²) >= 11 is 5.62. The Bertz CT molecular complexity index is 1010. The predicted molar refractivity (Wildman–Crippen MR) is 91.1 cm³/mol. The quantitative estimate of drug-likeness (QED) is 0.617. The van der Waals surface area contributed by atoms with Crippen LogP contribution in [0.25, 0.3) is 5.69 Å². The van der Waals surface area contributed by atoms with Gasteiger partial charge in [0.25, 0.3) is 5.88 Å². The lowest BCUT2D eigenvalue weighted by Gasteiger charge is -2.08. The molecule has 1 aromatic carbocycles. The monoisotopic (exact) mass is 394 g/mol. The summed E-state index contributed by atoms with van der Waals surface area (Å²) in [5.74, 6) is -2.68. The Kier molecular flexibility index (Phi) is 5.31. The van der Waals surface area contributed by atoms with Crippen LogP contribution in [0.1, 0.15) is 11.4 Å². The van der Waals surface area contributed by atoms with E-state index in [1.54, 1.807) is 6.92 Å². The third-order valence-electron chi connectivity index (χ3n) is 3.54. The standard InChI is InChI=1S/C17H13ClF2N4O3/c1-9-14(7-16(25)26-2)23-24(22-9)11-3-4-15(12(19)6-11)27-17-13(20)5-10(18)8-21-17/h3-6,8H,7H2,1-2H3. The van der Waals surface area contributed by atoms with Gasteiger partial charge in [-0.05, 0) is 25.1 Å². The molecule has 0 N–H and O–H groups in total. The van der Waals surface area contributed by atoms with E-state index in [-0.39, 0.29) is 17.2 Å². The highest BCUT2D eigenvalue weighted by molar-refractivity contribution is 6.30. The number of ether oxygens (including phenoxy) is 2. The van der Waals surface area contributed by atoms with Crippen molar-refractivity contribution in [2.45, 2.75) is 13.3 Å². The van der Waals surface area contributed by atoms with Crippen LogP contribution in [0.4, 0.5) is 8.78 Å². The maximum Gasteiger partial charge on any atom is 0.311 e. The summed E-state index contributed by atoms with van der Waals surface area (Å²) in [6.07, 6.45) is 1.14.